The number of phenols is 1. The zero-order valence-corrected chi connectivity index (χ0v) is 24.1. The van der Waals surface area contributed by atoms with Crippen molar-refractivity contribution in [3.63, 3.8) is 0 Å². The molecule has 2 aromatic carbocycles. The van der Waals surface area contributed by atoms with E-state index in [1.165, 1.54) is 12.1 Å². The minimum absolute atomic E-state index is 0.0925. The van der Waals surface area contributed by atoms with Crippen molar-refractivity contribution in [2.45, 2.75) is 84.0 Å². The second-order valence-electron chi connectivity index (χ2n) is 11.4. The monoisotopic (exact) mass is 547 g/mol. The Bertz CT molecular complexity index is 1230. The molecule has 0 radical (unpaired) electrons. The predicted octanol–water partition coefficient (Wildman–Crippen LogP) is 4.70. The van der Waals surface area contributed by atoms with Crippen LogP contribution in [0.1, 0.15) is 76.6 Å². The second kappa shape index (κ2) is 13.4. The van der Waals surface area contributed by atoms with Gasteiger partial charge in [-0.25, -0.2) is 4.79 Å². The predicted molar refractivity (Wildman–Crippen MR) is 154 cm³/mol. The molecule has 0 heterocycles. The Morgan fingerprint density at radius 3 is 2.38 bits per heavy atom. The van der Waals surface area contributed by atoms with Crippen molar-refractivity contribution in [1.29, 1.82) is 0 Å². The first-order chi connectivity index (χ1) is 18.9. The Labute approximate surface area is 237 Å². The number of nitrogens with one attached hydrogen (secondary N) is 2. The van der Waals surface area contributed by atoms with Gasteiger partial charge >= 0.3 is 6.09 Å². The lowest BCUT2D eigenvalue weighted by Crippen LogP contribution is -2.55. The number of terminal acetylenes is 1. The number of hydrogen-bond donors (Lipinski definition) is 3. The molecule has 8 heteroatoms. The summed E-state index contributed by atoms with van der Waals surface area (Å²) in [4.78, 5) is 42.7. The zero-order chi connectivity index (χ0) is 29.4. The van der Waals surface area contributed by atoms with Gasteiger partial charge in [-0.05, 0) is 68.9 Å². The van der Waals surface area contributed by atoms with Crippen LogP contribution >= 0.6 is 0 Å². The normalized spacial score (nSPS) is 17.6. The second-order valence-corrected chi connectivity index (χ2v) is 11.4. The van der Waals surface area contributed by atoms with Gasteiger partial charge < -0.3 is 25.4 Å². The van der Waals surface area contributed by atoms with Crippen molar-refractivity contribution in [3.05, 3.63) is 65.2 Å². The molecule has 1 aliphatic rings. The molecular formula is C32H41N3O5. The number of rotatable bonds is 11. The van der Waals surface area contributed by atoms with E-state index in [2.05, 4.69) is 16.6 Å². The van der Waals surface area contributed by atoms with Crippen molar-refractivity contribution in [3.8, 4) is 18.1 Å². The van der Waals surface area contributed by atoms with Crippen LogP contribution in [0.4, 0.5) is 4.79 Å². The molecule has 4 atom stereocenters. The first kappa shape index (κ1) is 30.6. The molecule has 8 nitrogen and oxygen atoms in total. The number of phenolic OH excluding ortho intramolecular Hbond substituents is 1. The van der Waals surface area contributed by atoms with Crippen LogP contribution in [-0.4, -0.2) is 52.1 Å². The van der Waals surface area contributed by atoms with Gasteiger partial charge in [0.2, 0.25) is 11.8 Å². The standard InChI is InChI=1S/C32H41N3O5/c1-7-9-18-33-29(37)28(25-13-11-10-12-23(25)8-2)35(27-19-21(27)3)30(38)26(34-31(39)40-32(4,5)6)20-22-14-16-24(36)17-15-22/h2,10-17,21,26-28,36H,7,9,18-20H2,1,3-6H3,(H,33,37)(H,34,39). The number of carbonyl (C=O) groups excluding carboxylic acids is 3. The van der Waals surface area contributed by atoms with Crippen LogP contribution in [0.2, 0.25) is 0 Å². The molecule has 1 fully saturated rings. The van der Waals surface area contributed by atoms with Gasteiger partial charge in [-0.15, -0.1) is 6.42 Å². The number of unbranched alkanes of at least 4 members (excludes halogenated alkanes) is 1. The molecule has 1 aliphatic carbocycles. The number of aromatic hydroxyl groups is 1. The summed E-state index contributed by atoms with van der Waals surface area (Å²) in [6.45, 7) is 9.77. The highest BCUT2D eigenvalue weighted by Gasteiger charge is 2.48. The number of amides is 3. The van der Waals surface area contributed by atoms with Crippen LogP contribution in [0.3, 0.4) is 0 Å². The van der Waals surface area contributed by atoms with Crippen molar-refractivity contribution in [2.24, 2.45) is 5.92 Å². The molecule has 3 amide bonds. The van der Waals surface area contributed by atoms with Gasteiger partial charge in [0.25, 0.3) is 0 Å². The average molecular weight is 548 g/mol. The van der Waals surface area contributed by atoms with Crippen LogP contribution in [-0.2, 0) is 20.7 Å². The molecule has 214 valence electrons. The third-order valence-electron chi connectivity index (χ3n) is 6.81. The minimum atomic E-state index is -1.03. The summed E-state index contributed by atoms with van der Waals surface area (Å²) in [7, 11) is 0. The highest BCUT2D eigenvalue weighted by Crippen LogP contribution is 2.41. The fourth-order valence-corrected chi connectivity index (χ4v) is 4.64. The van der Waals surface area contributed by atoms with E-state index in [9.17, 15) is 19.5 Å². The van der Waals surface area contributed by atoms with Gasteiger partial charge in [-0.2, -0.15) is 0 Å². The first-order valence-corrected chi connectivity index (χ1v) is 13.9. The van der Waals surface area contributed by atoms with Crippen LogP contribution in [0, 0.1) is 18.3 Å². The Balaban J connectivity index is 2.06. The maximum absolute atomic E-state index is 14.5. The Kier molecular flexibility index (Phi) is 10.2. The fourth-order valence-electron chi connectivity index (χ4n) is 4.64. The Morgan fingerprint density at radius 1 is 1.15 bits per heavy atom. The minimum Gasteiger partial charge on any atom is -0.508 e. The van der Waals surface area contributed by atoms with Gasteiger partial charge in [0, 0.05) is 24.6 Å². The summed E-state index contributed by atoms with van der Waals surface area (Å²) in [5.74, 6) is 2.20. The fraction of sp³-hybridized carbons (Fsp3) is 0.469. The topological polar surface area (TPSA) is 108 Å². The molecule has 0 aromatic heterocycles. The summed E-state index contributed by atoms with van der Waals surface area (Å²) < 4.78 is 5.48. The molecule has 3 N–H and O–H groups in total. The third-order valence-corrected chi connectivity index (χ3v) is 6.81. The zero-order valence-electron chi connectivity index (χ0n) is 24.1. The largest absolute Gasteiger partial charge is 0.508 e. The summed E-state index contributed by atoms with van der Waals surface area (Å²) in [5, 5.41) is 15.5. The molecule has 0 saturated heterocycles. The number of nitrogens with zero attached hydrogens (tertiary/aromatic N) is 1. The van der Waals surface area contributed by atoms with Crippen LogP contribution < -0.4 is 10.6 Å². The molecular weight excluding hydrogens is 506 g/mol. The number of hydrogen-bond acceptors (Lipinski definition) is 5. The summed E-state index contributed by atoms with van der Waals surface area (Å²) in [6, 6.07) is 11.4. The van der Waals surface area contributed by atoms with E-state index >= 15 is 0 Å². The smallest absolute Gasteiger partial charge is 0.408 e. The Morgan fingerprint density at radius 2 is 1.80 bits per heavy atom. The maximum atomic E-state index is 14.5. The quantitative estimate of drug-likeness (QED) is 0.279. The highest BCUT2D eigenvalue weighted by molar-refractivity contribution is 5.93. The third kappa shape index (κ3) is 8.25. The van der Waals surface area contributed by atoms with E-state index in [1.807, 2.05) is 13.8 Å². The first-order valence-electron chi connectivity index (χ1n) is 13.9. The molecule has 0 spiro atoms. The van der Waals surface area contributed by atoms with Crippen molar-refractivity contribution >= 4 is 17.9 Å². The number of carbonyl (C=O) groups is 3. The lowest BCUT2D eigenvalue weighted by Gasteiger charge is -2.35. The Hall–Kier alpha value is -3.99. The molecule has 3 rings (SSSR count). The lowest BCUT2D eigenvalue weighted by molar-refractivity contribution is -0.143. The molecule has 4 unspecified atom stereocenters. The summed E-state index contributed by atoms with van der Waals surface area (Å²) in [5.41, 5.74) is 1.05. The van der Waals surface area contributed by atoms with Crippen LogP contribution in [0.25, 0.3) is 0 Å². The van der Waals surface area contributed by atoms with Gasteiger partial charge in [-0.3, -0.25) is 9.59 Å². The van der Waals surface area contributed by atoms with Crippen molar-refractivity contribution in [1.82, 2.24) is 15.5 Å². The average Bonchev–Trinajstić information content (AvgIpc) is 3.62. The van der Waals surface area contributed by atoms with Crippen LogP contribution in [0.5, 0.6) is 5.75 Å². The van der Waals surface area contributed by atoms with E-state index < -0.39 is 29.7 Å². The number of benzene rings is 2. The van der Waals surface area contributed by atoms with Gasteiger partial charge in [0.1, 0.15) is 23.4 Å². The van der Waals surface area contributed by atoms with E-state index in [4.69, 9.17) is 11.2 Å². The van der Waals surface area contributed by atoms with E-state index in [0.717, 1.165) is 24.8 Å². The lowest BCUT2D eigenvalue weighted by atomic mass is 9.96. The highest BCUT2D eigenvalue weighted by atomic mass is 16.6. The molecule has 0 bridgehead atoms. The summed E-state index contributed by atoms with van der Waals surface area (Å²) in [6.07, 6.45) is 7.65. The van der Waals surface area contributed by atoms with Gasteiger partial charge in [-0.1, -0.05) is 56.5 Å². The maximum Gasteiger partial charge on any atom is 0.408 e. The van der Waals surface area contributed by atoms with Crippen molar-refractivity contribution < 1.29 is 24.2 Å². The molecule has 0 aliphatic heterocycles. The van der Waals surface area contributed by atoms with Gasteiger partial charge in [0.05, 0.1) is 0 Å². The molecule has 2 aromatic rings. The van der Waals surface area contributed by atoms with Gasteiger partial charge in [0.15, 0.2) is 0 Å². The van der Waals surface area contributed by atoms with E-state index in [0.29, 0.717) is 17.7 Å². The summed E-state index contributed by atoms with van der Waals surface area (Å²) >= 11 is 0. The molecule has 40 heavy (non-hydrogen) atoms. The SMILES string of the molecule is C#Cc1ccccc1C(C(=O)NCCCC)N(C(=O)C(Cc1ccc(O)cc1)NC(=O)OC(C)(C)C)C1CC1C. The van der Waals surface area contributed by atoms with E-state index in [-0.39, 0.29) is 30.0 Å². The van der Waals surface area contributed by atoms with E-state index in [1.54, 1.807) is 62.1 Å². The van der Waals surface area contributed by atoms with Crippen LogP contribution in [0.15, 0.2) is 48.5 Å². The number of ether oxygens (including phenoxy) is 1. The van der Waals surface area contributed by atoms with Crippen molar-refractivity contribution in [2.75, 3.05) is 6.54 Å². The molecule has 1 saturated carbocycles. The number of alkyl carbamates (subject to hydrolysis) is 1.